The Balaban J connectivity index is 3.15. The lowest BCUT2D eigenvalue weighted by Gasteiger charge is -2.41. The Morgan fingerprint density at radius 3 is 1.60 bits per heavy atom. The van der Waals surface area contributed by atoms with E-state index < -0.39 is 0 Å². The average molecular weight is 203 g/mol. The molecule has 0 amide bonds. The molecule has 0 heterocycles. The van der Waals surface area contributed by atoms with Crippen molar-refractivity contribution in [3.8, 4) is 0 Å². The minimum Gasteiger partial charge on any atom is -0.0596 e. The topological polar surface area (TPSA) is 0 Å². The lowest BCUT2D eigenvalue weighted by molar-refractivity contribution is 0.176. The minimum absolute atomic E-state index is 0.291. The van der Waals surface area contributed by atoms with E-state index in [1.807, 2.05) is 12.1 Å². The summed E-state index contributed by atoms with van der Waals surface area (Å²) in [6.07, 6.45) is 0. The van der Waals surface area contributed by atoms with E-state index in [2.05, 4.69) is 59.7 Å². The molecule has 0 aromatic heterocycles. The lowest BCUT2D eigenvalue weighted by Crippen LogP contribution is -2.30. The van der Waals surface area contributed by atoms with Gasteiger partial charge in [0.1, 0.15) is 0 Å². The molecule has 0 nitrogen and oxygen atoms in total. The number of benzene rings is 1. The Labute approximate surface area is 94.7 Å². The van der Waals surface area contributed by atoms with Gasteiger partial charge in [-0.2, -0.15) is 0 Å². The molecular weight excluding hydrogens is 180 g/mol. The summed E-state index contributed by atoms with van der Waals surface area (Å²) < 4.78 is 0. The Morgan fingerprint density at radius 2 is 1.27 bits per heavy atom. The smallest absolute Gasteiger partial charge is 0.00646 e. The van der Waals surface area contributed by atoms with E-state index in [0.29, 0.717) is 16.7 Å². The van der Waals surface area contributed by atoms with E-state index in [9.17, 15) is 0 Å². The standard InChI is InChI=1S/C15H23/c1-14(2,3)13(15(4,5)6)12-10-8-7-9-11-12/h8-11,13H,1-6H3. The van der Waals surface area contributed by atoms with Gasteiger partial charge in [0.25, 0.3) is 0 Å². The monoisotopic (exact) mass is 203 g/mol. The molecule has 0 unspecified atom stereocenters. The molecular formula is C15H23. The molecule has 0 heteroatoms. The number of rotatable bonds is 1. The molecule has 15 heavy (non-hydrogen) atoms. The van der Waals surface area contributed by atoms with Crippen LogP contribution < -0.4 is 0 Å². The first kappa shape index (κ1) is 12.3. The molecule has 1 aromatic rings. The summed E-state index contributed by atoms with van der Waals surface area (Å²) in [5.41, 5.74) is 2.01. The molecule has 1 aromatic carbocycles. The van der Waals surface area contributed by atoms with Gasteiger partial charge >= 0.3 is 0 Å². The van der Waals surface area contributed by atoms with Crippen LogP contribution in [0.15, 0.2) is 24.3 Å². The maximum Gasteiger partial charge on any atom is -0.00646 e. The minimum atomic E-state index is 0.291. The second kappa shape index (κ2) is 4.00. The molecule has 0 fully saturated rings. The highest BCUT2D eigenvalue weighted by Crippen LogP contribution is 2.46. The van der Waals surface area contributed by atoms with Crippen molar-refractivity contribution in [2.75, 3.05) is 0 Å². The van der Waals surface area contributed by atoms with Gasteiger partial charge in [-0.15, -0.1) is 0 Å². The third-order valence-electron chi connectivity index (χ3n) is 2.81. The Kier molecular flexibility index (Phi) is 3.28. The molecule has 83 valence electrons. The fourth-order valence-corrected chi connectivity index (χ4v) is 2.89. The molecule has 1 radical (unpaired) electrons. The van der Waals surface area contributed by atoms with Gasteiger partial charge in [0.05, 0.1) is 0 Å². The van der Waals surface area contributed by atoms with E-state index in [0.717, 1.165) is 0 Å². The van der Waals surface area contributed by atoms with Gasteiger partial charge in [-0.1, -0.05) is 65.8 Å². The molecule has 0 aliphatic heterocycles. The lowest BCUT2D eigenvalue weighted by atomic mass is 9.64. The average Bonchev–Trinajstić information content (AvgIpc) is 2.00. The molecule has 0 atom stereocenters. The highest BCUT2D eigenvalue weighted by Gasteiger charge is 2.35. The van der Waals surface area contributed by atoms with Crippen molar-refractivity contribution in [1.29, 1.82) is 0 Å². The molecule has 0 aliphatic rings. The van der Waals surface area contributed by atoms with Crippen LogP contribution in [0.1, 0.15) is 53.0 Å². The summed E-state index contributed by atoms with van der Waals surface area (Å²) in [5, 5.41) is 0. The van der Waals surface area contributed by atoms with Gasteiger partial charge < -0.3 is 0 Å². The molecule has 1 rings (SSSR count). The van der Waals surface area contributed by atoms with Crippen molar-refractivity contribution in [3.63, 3.8) is 0 Å². The molecule has 0 bridgehead atoms. The van der Waals surface area contributed by atoms with Gasteiger partial charge in [0.2, 0.25) is 0 Å². The van der Waals surface area contributed by atoms with Crippen LogP contribution in [0.5, 0.6) is 0 Å². The van der Waals surface area contributed by atoms with Crippen LogP contribution in [0.25, 0.3) is 0 Å². The van der Waals surface area contributed by atoms with E-state index in [1.165, 1.54) is 5.56 Å². The maximum atomic E-state index is 3.09. The fraction of sp³-hybridized carbons (Fsp3) is 0.600. The quantitative estimate of drug-likeness (QED) is 0.622. The summed E-state index contributed by atoms with van der Waals surface area (Å²) >= 11 is 0. The first-order valence-electron chi connectivity index (χ1n) is 5.69. The Morgan fingerprint density at radius 1 is 0.867 bits per heavy atom. The first-order valence-corrected chi connectivity index (χ1v) is 5.69. The van der Waals surface area contributed by atoms with Crippen molar-refractivity contribution in [2.45, 2.75) is 47.5 Å². The van der Waals surface area contributed by atoms with Crippen LogP contribution in [0.4, 0.5) is 0 Å². The predicted molar refractivity (Wildman–Crippen MR) is 66.9 cm³/mol. The first-order chi connectivity index (χ1) is 6.73. The van der Waals surface area contributed by atoms with Crippen molar-refractivity contribution >= 4 is 0 Å². The third-order valence-corrected chi connectivity index (χ3v) is 2.81. The summed E-state index contributed by atoms with van der Waals surface area (Å²) in [5.74, 6) is 0.569. The molecule has 0 aliphatic carbocycles. The summed E-state index contributed by atoms with van der Waals surface area (Å²) in [7, 11) is 0. The molecule has 0 N–H and O–H groups in total. The van der Waals surface area contributed by atoms with Crippen molar-refractivity contribution < 1.29 is 0 Å². The SMILES string of the molecule is CC(C)(C)C(c1cc[c]cc1)C(C)(C)C. The van der Waals surface area contributed by atoms with Gasteiger partial charge in [0, 0.05) is 0 Å². The van der Waals surface area contributed by atoms with Crippen LogP contribution in [-0.2, 0) is 0 Å². The van der Waals surface area contributed by atoms with E-state index in [-0.39, 0.29) is 0 Å². The zero-order valence-corrected chi connectivity index (χ0v) is 10.9. The van der Waals surface area contributed by atoms with E-state index in [1.54, 1.807) is 0 Å². The molecule has 0 saturated carbocycles. The van der Waals surface area contributed by atoms with Gasteiger partial charge in [0.15, 0.2) is 0 Å². The molecule has 0 spiro atoms. The second-order valence-electron chi connectivity index (χ2n) is 6.50. The van der Waals surface area contributed by atoms with Gasteiger partial charge in [-0.25, -0.2) is 0 Å². The van der Waals surface area contributed by atoms with Crippen LogP contribution in [0.3, 0.4) is 0 Å². The van der Waals surface area contributed by atoms with E-state index >= 15 is 0 Å². The van der Waals surface area contributed by atoms with E-state index in [4.69, 9.17) is 0 Å². The third kappa shape index (κ3) is 3.09. The zero-order valence-electron chi connectivity index (χ0n) is 10.9. The second-order valence-corrected chi connectivity index (χ2v) is 6.50. The normalized spacial score (nSPS) is 13.3. The largest absolute Gasteiger partial charge is 0.0596 e. The van der Waals surface area contributed by atoms with Crippen molar-refractivity contribution in [2.24, 2.45) is 10.8 Å². The van der Waals surface area contributed by atoms with Crippen LogP contribution in [0, 0.1) is 16.9 Å². The number of hydrogen-bond acceptors (Lipinski definition) is 0. The Hall–Kier alpha value is -0.780. The fourth-order valence-electron chi connectivity index (χ4n) is 2.89. The zero-order chi connectivity index (χ0) is 11.7. The highest BCUT2D eigenvalue weighted by atomic mass is 14.4. The highest BCUT2D eigenvalue weighted by molar-refractivity contribution is 5.23. The molecule has 0 saturated heterocycles. The van der Waals surface area contributed by atoms with Crippen LogP contribution in [-0.4, -0.2) is 0 Å². The van der Waals surface area contributed by atoms with Gasteiger partial charge in [-0.3, -0.25) is 0 Å². The summed E-state index contributed by atoms with van der Waals surface area (Å²) in [6, 6.07) is 11.5. The number of hydrogen-bond donors (Lipinski definition) is 0. The summed E-state index contributed by atoms with van der Waals surface area (Å²) in [4.78, 5) is 0. The maximum absolute atomic E-state index is 3.09. The van der Waals surface area contributed by atoms with Crippen molar-refractivity contribution in [1.82, 2.24) is 0 Å². The van der Waals surface area contributed by atoms with Crippen LogP contribution >= 0.6 is 0 Å². The predicted octanol–water partition coefficient (Wildman–Crippen LogP) is 4.66. The van der Waals surface area contributed by atoms with Gasteiger partial charge in [-0.05, 0) is 28.4 Å². The van der Waals surface area contributed by atoms with Crippen LogP contribution in [0.2, 0.25) is 0 Å². The Bertz CT molecular complexity index is 281. The van der Waals surface area contributed by atoms with Crippen molar-refractivity contribution in [3.05, 3.63) is 35.9 Å². The summed E-state index contributed by atoms with van der Waals surface area (Å²) in [6.45, 7) is 13.9.